The first kappa shape index (κ1) is 21.0. The normalized spacial score (nSPS) is 19.6. The van der Waals surface area contributed by atoms with Crippen LogP contribution in [0.1, 0.15) is 89.3 Å². The van der Waals surface area contributed by atoms with Gasteiger partial charge in [-0.05, 0) is 55.2 Å². The van der Waals surface area contributed by atoms with E-state index in [9.17, 15) is 0 Å². The Morgan fingerprint density at radius 3 is 2.14 bits per heavy atom. The summed E-state index contributed by atoms with van der Waals surface area (Å²) in [6.07, 6.45) is 15.9. The maximum atomic E-state index is 4.51. The smallest absolute Gasteiger partial charge is 0.0929 e. The number of unbranched alkanes of at least 4 members (excludes halogenated alkanes) is 3. The van der Waals surface area contributed by atoms with E-state index in [0.29, 0.717) is 0 Å². The number of hydrogen-bond acceptors (Lipinski definition) is 2. The van der Waals surface area contributed by atoms with Crippen molar-refractivity contribution in [3.05, 3.63) is 47.7 Å². The summed E-state index contributed by atoms with van der Waals surface area (Å²) < 4.78 is 0. The molecule has 1 heterocycles. The highest BCUT2D eigenvalue weighted by Crippen LogP contribution is 2.33. The van der Waals surface area contributed by atoms with Gasteiger partial charge in [0.2, 0.25) is 0 Å². The fourth-order valence-electron chi connectivity index (χ4n) is 4.53. The van der Waals surface area contributed by atoms with Gasteiger partial charge in [0.1, 0.15) is 0 Å². The van der Waals surface area contributed by atoms with Crippen LogP contribution in [0.3, 0.4) is 0 Å². The third kappa shape index (κ3) is 6.43. The average Bonchev–Trinajstić information content (AvgIpc) is 2.76. The molecule has 28 heavy (non-hydrogen) atoms. The third-order valence-corrected chi connectivity index (χ3v) is 6.64. The van der Waals surface area contributed by atoms with Gasteiger partial charge in [0.05, 0.1) is 11.4 Å². The molecule has 0 saturated heterocycles. The summed E-state index contributed by atoms with van der Waals surface area (Å²) in [6.45, 7) is 4.60. The highest BCUT2D eigenvalue weighted by Gasteiger charge is 2.19. The van der Waals surface area contributed by atoms with Crippen LogP contribution in [0, 0.1) is 11.8 Å². The molecule has 1 aliphatic rings. The van der Waals surface area contributed by atoms with Crippen LogP contribution in [0.25, 0.3) is 11.3 Å². The molecule has 1 aliphatic carbocycles. The van der Waals surface area contributed by atoms with E-state index in [-0.39, 0.29) is 0 Å². The van der Waals surface area contributed by atoms with Gasteiger partial charge in [0.25, 0.3) is 0 Å². The molecule has 0 spiro atoms. The van der Waals surface area contributed by atoms with Gasteiger partial charge in [-0.15, -0.1) is 0 Å². The van der Waals surface area contributed by atoms with Gasteiger partial charge in [0, 0.05) is 5.56 Å². The zero-order chi connectivity index (χ0) is 19.6. The van der Waals surface area contributed by atoms with E-state index in [1.54, 1.807) is 0 Å². The molecule has 0 aliphatic heterocycles. The number of rotatable bonds is 10. The Kier molecular flexibility index (Phi) is 8.51. The Morgan fingerprint density at radius 2 is 1.50 bits per heavy atom. The van der Waals surface area contributed by atoms with Crippen LogP contribution in [0.4, 0.5) is 0 Å². The molecule has 1 saturated carbocycles. The lowest BCUT2D eigenvalue weighted by molar-refractivity contribution is 0.258. The summed E-state index contributed by atoms with van der Waals surface area (Å²) in [5, 5.41) is 9.02. The first-order valence-electron chi connectivity index (χ1n) is 11.7. The molecule has 0 atom stereocenters. The standard InChI is InChI=1S/C26H38N2/c1-3-5-6-7-8-22-13-16-24(17-14-22)26-20-19-25(27-28-26)18-15-23-11-9-21(4-2)10-12-23/h13-14,16-17,19-21,23H,3-12,15,18H2,1-2H3. The van der Waals surface area contributed by atoms with Crippen LogP contribution in [-0.2, 0) is 12.8 Å². The first-order valence-corrected chi connectivity index (χ1v) is 11.7. The summed E-state index contributed by atoms with van der Waals surface area (Å²) in [6, 6.07) is 13.2. The van der Waals surface area contributed by atoms with Crippen LogP contribution < -0.4 is 0 Å². The quantitative estimate of drug-likeness (QED) is 0.402. The predicted octanol–water partition coefficient (Wildman–Crippen LogP) is 7.42. The molecule has 1 aromatic heterocycles. The minimum atomic E-state index is 0.897. The second-order valence-electron chi connectivity index (χ2n) is 8.75. The van der Waals surface area contributed by atoms with Crippen LogP contribution in [0.2, 0.25) is 0 Å². The molecular formula is C26H38N2. The highest BCUT2D eigenvalue weighted by atomic mass is 15.1. The summed E-state index contributed by atoms with van der Waals surface area (Å²) in [4.78, 5) is 0. The largest absolute Gasteiger partial charge is 0.155 e. The Bertz CT molecular complexity index is 667. The molecule has 1 aromatic carbocycles. The third-order valence-electron chi connectivity index (χ3n) is 6.64. The Hall–Kier alpha value is -1.70. The van der Waals surface area contributed by atoms with Crippen molar-refractivity contribution >= 4 is 0 Å². The topological polar surface area (TPSA) is 25.8 Å². The van der Waals surface area contributed by atoms with Gasteiger partial charge in [-0.3, -0.25) is 0 Å². The fourth-order valence-corrected chi connectivity index (χ4v) is 4.53. The number of aromatic nitrogens is 2. The van der Waals surface area contributed by atoms with E-state index in [1.165, 1.54) is 81.8 Å². The highest BCUT2D eigenvalue weighted by molar-refractivity contribution is 5.58. The molecular weight excluding hydrogens is 340 g/mol. The average molecular weight is 379 g/mol. The lowest BCUT2D eigenvalue weighted by Crippen LogP contribution is -2.14. The lowest BCUT2D eigenvalue weighted by atomic mass is 9.79. The van der Waals surface area contributed by atoms with E-state index < -0.39 is 0 Å². The number of nitrogens with zero attached hydrogens (tertiary/aromatic N) is 2. The maximum Gasteiger partial charge on any atom is 0.0929 e. The summed E-state index contributed by atoms with van der Waals surface area (Å²) in [5.41, 5.74) is 4.75. The fraction of sp³-hybridized carbons (Fsp3) is 0.615. The van der Waals surface area contributed by atoms with Crippen LogP contribution in [-0.4, -0.2) is 10.2 Å². The molecule has 0 unspecified atom stereocenters. The second kappa shape index (κ2) is 11.3. The maximum absolute atomic E-state index is 4.51. The minimum absolute atomic E-state index is 0.897. The van der Waals surface area contributed by atoms with Crippen molar-refractivity contribution in [2.24, 2.45) is 11.8 Å². The van der Waals surface area contributed by atoms with Crippen molar-refractivity contribution in [2.75, 3.05) is 0 Å². The Labute approximate surface area is 172 Å². The molecule has 152 valence electrons. The molecule has 0 amide bonds. The van der Waals surface area contributed by atoms with Gasteiger partial charge >= 0.3 is 0 Å². The van der Waals surface area contributed by atoms with Crippen molar-refractivity contribution in [3.8, 4) is 11.3 Å². The SMILES string of the molecule is CCCCCCc1ccc(-c2ccc(CCC3CCC(CC)CC3)nn2)cc1. The van der Waals surface area contributed by atoms with Crippen molar-refractivity contribution < 1.29 is 0 Å². The van der Waals surface area contributed by atoms with Crippen LogP contribution in [0.5, 0.6) is 0 Å². The molecule has 0 bridgehead atoms. The number of benzene rings is 1. The molecule has 0 radical (unpaired) electrons. The molecule has 2 heteroatoms. The van der Waals surface area contributed by atoms with Crippen LogP contribution >= 0.6 is 0 Å². The van der Waals surface area contributed by atoms with E-state index in [0.717, 1.165) is 29.6 Å². The van der Waals surface area contributed by atoms with E-state index in [4.69, 9.17) is 0 Å². The van der Waals surface area contributed by atoms with Crippen molar-refractivity contribution in [1.82, 2.24) is 10.2 Å². The van der Waals surface area contributed by atoms with E-state index in [1.807, 2.05) is 0 Å². The number of aryl methyl sites for hydroxylation is 2. The van der Waals surface area contributed by atoms with E-state index >= 15 is 0 Å². The van der Waals surface area contributed by atoms with Crippen LogP contribution in [0.15, 0.2) is 36.4 Å². The Morgan fingerprint density at radius 1 is 0.750 bits per heavy atom. The molecule has 2 aromatic rings. The van der Waals surface area contributed by atoms with Gasteiger partial charge in [-0.1, -0.05) is 89.5 Å². The van der Waals surface area contributed by atoms with Crippen molar-refractivity contribution in [2.45, 2.75) is 90.9 Å². The number of hydrogen-bond donors (Lipinski definition) is 0. The second-order valence-corrected chi connectivity index (χ2v) is 8.75. The summed E-state index contributed by atoms with van der Waals surface area (Å²) in [5.74, 6) is 1.88. The van der Waals surface area contributed by atoms with Gasteiger partial charge in [0.15, 0.2) is 0 Å². The lowest BCUT2D eigenvalue weighted by Gasteiger charge is -2.27. The molecule has 1 fully saturated rings. The monoisotopic (exact) mass is 378 g/mol. The van der Waals surface area contributed by atoms with Crippen molar-refractivity contribution in [3.63, 3.8) is 0 Å². The van der Waals surface area contributed by atoms with Crippen molar-refractivity contribution in [1.29, 1.82) is 0 Å². The molecule has 2 nitrogen and oxygen atoms in total. The molecule has 3 rings (SSSR count). The minimum Gasteiger partial charge on any atom is -0.155 e. The first-order chi connectivity index (χ1) is 13.8. The van der Waals surface area contributed by atoms with E-state index in [2.05, 4.69) is 60.4 Å². The molecule has 0 N–H and O–H groups in total. The van der Waals surface area contributed by atoms with Gasteiger partial charge < -0.3 is 0 Å². The predicted molar refractivity (Wildman–Crippen MR) is 119 cm³/mol. The van der Waals surface area contributed by atoms with Gasteiger partial charge in [-0.25, -0.2) is 0 Å². The Balaban J connectivity index is 1.46. The summed E-state index contributed by atoms with van der Waals surface area (Å²) in [7, 11) is 0. The van der Waals surface area contributed by atoms with Gasteiger partial charge in [-0.2, -0.15) is 10.2 Å². The zero-order valence-electron chi connectivity index (χ0n) is 18.0. The zero-order valence-corrected chi connectivity index (χ0v) is 18.0. The summed E-state index contributed by atoms with van der Waals surface area (Å²) >= 11 is 0.